The maximum atomic E-state index is 12.4. The average Bonchev–Trinajstić information content (AvgIpc) is 2.98. The van der Waals surface area contributed by atoms with E-state index in [1.807, 2.05) is 11.8 Å². The summed E-state index contributed by atoms with van der Waals surface area (Å²) in [6.07, 6.45) is 6.84. The summed E-state index contributed by atoms with van der Waals surface area (Å²) in [7, 11) is 0. The summed E-state index contributed by atoms with van der Waals surface area (Å²) in [5.41, 5.74) is -0.0507. The number of hydrogen-bond donors (Lipinski definition) is 2. The predicted octanol–water partition coefficient (Wildman–Crippen LogP) is 1.78. The smallest absolute Gasteiger partial charge is 0.307 e. The lowest BCUT2D eigenvalue weighted by Gasteiger charge is -2.33. The van der Waals surface area contributed by atoms with Gasteiger partial charge in [0.25, 0.3) is 0 Å². The van der Waals surface area contributed by atoms with Crippen molar-refractivity contribution in [1.29, 1.82) is 0 Å². The number of nitrogens with one attached hydrogen (secondary N) is 1. The lowest BCUT2D eigenvalue weighted by molar-refractivity contribution is -0.139. The van der Waals surface area contributed by atoms with Crippen molar-refractivity contribution in [3.05, 3.63) is 0 Å². The van der Waals surface area contributed by atoms with E-state index >= 15 is 0 Å². The molecule has 134 valence electrons. The van der Waals surface area contributed by atoms with Gasteiger partial charge in [-0.1, -0.05) is 12.8 Å². The molecule has 3 aliphatic rings. The summed E-state index contributed by atoms with van der Waals surface area (Å²) < 4.78 is 0. The van der Waals surface area contributed by atoms with Gasteiger partial charge in [-0.3, -0.25) is 14.4 Å². The second-order valence-corrected chi connectivity index (χ2v) is 7.93. The Morgan fingerprint density at radius 1 is 1.21 bits per heavy atom. The number of amides is 2. The lowest BCUT2D eigenvalue weighted by atomic mass is 9.90. The zero-order valence-corrected chi connectivity index (χ0v) is 14.4. The Morgan fingerprint density at radius 3 is 2.38 bits per heavy atom. The van der Waals surface area contributed by atoms with Crippen molar-refractivity contribution in [2.24, 2.45) is 17.3 Å². The van der Waals surface area contributed by atoms with Crippen LogP contribution < -0.4 is 5.32 Å². The van der Waals surface area contributed by atoms with Crippen molar-refractivity contribution in [2.75, 3.05) is 13.1 Å². The first-order valence-corrected chi connectivity index (χ1v) is 9.22. The van der Waals surface area contributed by atoms with E-state index in [4.69, 9.17) is 5.11 Å². The number of carbonyl (C=O) groups is 3. The van der Waals surface area contributed by atoms with E-state index in [1.54, 1.807) is 0 Å². The molecule has 6 heteroatoms. The molecule has 2 unspecified atom stereocenters. The van der Waals surface area contributed by atoms with Gasteiger partial charge < -0.3 is 15.3 Å². The fraction of sp³-hybridized carbons (Fsp3) is 0.833. The Kier molecular flexibility index (Phi) is 4.83. The number of rotatable bonds is 5. The minimum absolute atomic E-state index is 0.0507. The highest BCUT2D eigenvalue weighted by molar-refractivity contribution is 5.81. The van der Waals surface area contributed by atoms with Gasteiger partial charge in [-0.05, 0) is 44.4 Å². The number of carbonyl (C=O) groups excluding carboxylic acids is 2. The summed E-state index contributed by atoms with van der Waals surface area (Å²) in [4.78, 5) is 37.5. The zero-order valence-electron chi connectivity index (χ0n) is 14.4. The van der Waals surface area contributed by atoms with E-state index in [-0.39, 0.29) is 35.1 Å². The Labute approximate surface area is 143 Å². The van der Waals surface area contributed by atoms with E-state index in [1.165, 1.54) is 0 Å². The van der Waals surface area contributed by atoms with Gasteiger partial charge in [0.1, 0.15) is 0 Å². The lowest BCUT2D eigenvalue weighted by Crippen LogP contribution is -2.44. The fourth-order valence-corrected chi connectivity index (χ4v) is 4.44. The molecule has 0 radical (unpaired) electrons. The monoisotopic (exact) mass is 336 g/mol. The van der Waals surface area contributed by atoms with Crippen LogP contribution in [0.1, 0.15) is 58.3 Å². The van der Waals surface area contributed by atoms with Gasteiger partial charge in [0.2, 0.25) is 11.8 Å². The second-order valence-electron chi connectivity index (χ2n) is 7.93. The van der Waals surface area contributed by atoms with E-state index < -0.39 is 5.97 Å². The minimum atomic E-state index is -0.696. The molecule has 0 aromatic carbocycles. The number of hydrogen-bond acceptors (Lipinski definition) is 3. The molecular weight excluding hydrogens is 308 g/mol. The van der Waals surface area contributed by atoms with E-state index in [0.29, 0.717) is 19.5 Å². The molecule has 1 heterocycles. The SMILES string of the molecule is CC(CC(=O)N1CCC2(CC1)CC2C(=O)O)NC(=O)C1CCCC1. The summed E-state index contributed by atoms with van der Waals surface area (Å²) in [6.45, 7) is 3.18. The van der Waals surface area contributed by atoms with Crippen molar-refractivity contribution < 1.29 is 19.5 Å². The van der Waals surface area contributed by atoms with Crippen molar-refractivity contribution in [3.8, 4) is 0 Å². The van der Waals surface area contributed by atoms with Crippen LogP contribution in [0, 0.1) is 17.3 Å². The molecule has 3 fully saturated rings. The molecule has 6 nitrogen and oxygen atoms in total. The first-order valence-electron chi connectivity index (χ1n) is 9.22. The van der Waals surface area contributed by atoms with E-state index in [9.17, 15) is 14.4 Å². The highest BCUT2D eigenvalue weighted by Gasteiger charge is 2.59. The topological polar surface area (TPSA) is 86.7 Å². The van der Waals surface area contributed by atoms with Crippen LogP contribution in [0.25, 0.3) is 0 Å². The molecule has 2 atom stereocenters. The predicted molar refractivity (Wildman–Crippen MR) is 88.2 cm³/mol. The third-order valence-electron chi connectivity index (χ3n) is 6.20. The number of likely N-dealkylation sites (tertiary alicyclic amines) is 1. The largest absolute Gasteiger partial charge is 0.481 e. The molecule has 0 aromatic heterocycles. The molecule has 2 aliphatic carbocycles. The number of carboxylic acid groups (broad SMARTS) is 1. The first-order chi connectivity index (χ1) is 11.4. The van der Waals surface area contributed by atoms with Crippen LogP contribution in [0.5, 0.6) is 0 Å². The van der Waals surface area contributed by atoms with Gasteiger partial charge in [0.05, 0.1) is 5.92 Å². The second kappa shape index (κ2) is 6.73. The quantitative estimate of drug-likeness (QED) is 0.801. The molecule has 2 N–H and O–H groups in total. The van der Waals surface area contributed by atoms with Crippen molar-refractivity contribution >= 4 is 17.8 Å². The molecule has 0 aromatic rings. The normalized spacial score (nSPS) is 27.0. The minimum Gasteiger partial charge on any atom is -0.481 e. The Bertz CT molecular complexity index is 519. The van der Waals surface area contributed by atoms with Crippen molar-refractivity contribution in [1.82, 2.24) is 10.2 Å². The van der Waals surface area contributed by atoms with Gasteiger partial charge in [0, 0.05) is 31.5 Å². The third-order valence-corrected chi connectivity index (χ3v) is 6.20. The van der Waals surface area contributed by atoms with Crippen LogP contribution in [-0.4, -0.2) is 46.9 Å². The Hall–Kier alpha value is -1.59. The van der Waals surface area contributed by atoms with Gasteiger partial charge in [-0.15, -0.1) is 0 Å². The van der Waals surface area contributed by atoms with Crippen LogP contribution in [0.15, 0.2) is 0 Å². The fourth-order valence-electron chi connectivity index (χ4n) is 4.44. The maximum absolute atomic E-state index is 12.4. The maximum Gasteiger partial charge on any atom is 0.307 e. The van der Waals surface area contributed by atoms with Gasteiger partial charge in [0.15, 0.2) is 0 Å². The molecular formula is C18H28N2O4. The molecule has 2 saturated carbocycles. The number of aliphatic carboxylic acids is 1. The average molecular weight is 336 g/mol. The molecule has 24 heavy (non-hydrogen) atoms. The Balaban J connectivity index is 1.41. The van der Waals surface area contributed by atoms with E-state index in [2.05, 4.69) is 5.32 Å². The van der Waals surface area contributed by atoms with E-state index in [0.717, 1.165) is 44.9 Å². The number of nitrogens with zero attached hydrogens (tertiary/aromatic N) is 1. The first kappa shape index (κ1) is 17.2. The molecule has 3 rings (SSSR count). The summed E-state index contributed by atoms with van der Waals surface area (Å²) in [5.74, 6) is -0.623. The molecule has 1 spiro atoms. The molecule has 1 aliphatic heterocycles. The molecule has 0 bridgehead atoms. The van der Waals surface area contributed by atoms with Gasteiger partial charge in [-0.2, -0.15) is 0 Å². The number of carboxylic acids is 1. The summed E-state index contributed by atoms with van der Waals surface area (Å²) in [5, 5.41) is 12.1. The molecule has 1 saturated heterocycles. The van der Waals surface area contributed by atoms with Crippen LogP contribution in [-0.2, 0) is 14.4 Å². The van der Waals surface area contributed by atoms with Gasteiger partial charge >= 0.3 is 5.97 Å². The van der Waals surface area contributed by atoms with Crippen molar-refractivity contribution in [2.45, 2.75) is 64.3 Å². The number of piperidine rings is 1. The highest BCUT2D eigenvalue weighted by Crippen LogP contribution is 2.59. The van der Waals surface area contributed by atoms with Crippen LogP contribution in [0.3, 0.4) is 0 Å². The summed E-state index contributed by atoms with van der Waals surface area (Å²) in [6, 6.07) is -0.144. The van der Waals surface area contributed by atoms with Crippen LogP contribution >= 0.6 is 0 Å². The third kappa shape index (κ3) is 3.57. The van der Waals surface area contributed by atoms with Gasteiger partial charge in [-0.25, -0.2) is 0 Å². The highest BCUT2D eigenvalue weighted by atomic mass is 16.4. The summed E-state index contributed by atoms with van der Waals surface area (Å²) >= 11 is 0. The standard InChI is InChI=1S/C18H28N2O4/c1-12(19-16(22)13-4-2-3-5-13)10-15(21)20-8-6-18(7-9-20)11-14(18)17(23)24/h12-14H,2-11H2,1H3,(H,19,22)(H,23,24). The van der Waals surface area contributed by atoms with Crippen LogP contribution in [0.2, 0.25) is 0 Å². The van der Waals surface area contributed by atoms with Crippen LogP contribution in [0.4, 0.5) is 0 Å². The molecule has 2 amide bonds. The van der Waals surface area contributed by atoms with Crippen molar-refractivity contribution in [3.63, 3.8) is 0 Å². The zero-order chi connectivity index (χ0) is 17.3. The Morgan fingerprint density at radius 2 is 1.83 bits per heavy atom.